The highest BCUT2D eigenvalue weighted by Crippen LogP contribution is 2.30. The number of amides is 1. The van der Waals surface area contributed by atoms with Crippen LogP contribution in [0.15, 0.2) is 67.0 Å². The van der Waals surface area contributed by atoms with Crippen molar-refractivity contribution >= 4 is 17.4 Å². The van der Waals surface area contributed by atoms with Crippen LogP contribution in [0.4, 0.5) is 11.5 Å². The third kappa shape index (κ3) is 4.64. The third-order valence-electron chi connectivity index (χ3n) is 4.08. The molecular formula is C20H19N5O4. The topological polar surface area (TPSA) is 119 Å². The Labute approximate surface area is 166 Å². The van der Waals surface area contributed by atoms with Crippen LogP contribution in [-0.2, 0) is 4.79 Å². The van der Waals surface area contributed by atoms with Gasteiger partial charge in [-0.05, 0) is 18.1 Å². The molecule has 0 bridgehead atoms. The number of carbonyl (C=O) groups excluding carboxylic acids is 1. The number of hydrogen-bond acceptors (Lipinski definition) is 7. The smallest absolute Gasteiger partial charge is 0.374 e. The van der Waals surface area contributed by atoms with E-state index < -0.39 is 22.4 Å². The molecule has 1 heterocycles. The van der Waals surface area contributed by atoms with Crippen molar-refractivity contribution in [2.24, 2.45) is 0 Å². The molecule has 0 fully saturated rings. The minimum atomic E-state index is -0.661. The molecule has 2 N–H and O–H groups in total. The molecular weight excluding hydrogens is 374 g/mol. The number of rotatable bonds is 8. The van der Waals surface area contributed by atoms with Crippen LogP contribution in [0.5, 0.6) is 5.88 Å². The average molecular weight is 393 g/mol. The maximum atomic E-state index is 13.0. The Morgan fingerprint density at radius 3 is 2.17 bits per heavy atom. The van der Waals surface area contributed by atoms with Crippen LogP contribution >= 0.6 is 0 Å². The Balaban J connectivity index is 1.87. The summed E-state index contributed by atoms with van der Waals surface area (Å²) in [4.78, 5) is 31.4. The van der Waals surface area contributed by atoms with Gasteiger partial charge >= 0.3 is 5.69 Å². The van der Waals surface area contributed by atoms with Crippen molar-refractivity contribution in [3.05, 3.63) is 88.2 Å². The summed E-state index contributed by atoms with van der Waals surface area (Å²) in [5, 5.41) is 11.4. The highest BCUT2D eigenvalue weighted by atomic mass is 16.6. The molecule has 3 aromatic rings. The Bertz CT molecular complexity index is 943. The van der Waals surface area contributed by atoms with Gasteiger partial charge < -0.3 is 4.74 Å². The van der Waals surface area contributed by atoms with Gasteiger partial charge in [0.15, 0.2) is 0 Å². The summed E-state index contributed by atoms with van der Waals surface area (Å²) in [5.41, 5.74) is 6.17. The lowest BCUT2D eigenvalue weighted by atomic mass is 9.91. The number of hydrazine groups is 1. The first-order valence-corrected chi connectivity index (χ1v) is 8.89. The molecule has 29 heavy (non-hydrogen) atoms. The normalized spacial score (nSPS) is 10.4. The van der Waals surface area contributed by atoms with Gasteiger partial charge in [-0.3, -0.25) is 25.8 Å². The quantitative estimate of drug-likeness (QED) is 0.446. The zero-order valence-electron chi connectivity index (χ0n) is 15.6. The van der Waals surface area contributed by atoms with Crippen LogP contribution in [-0.4, -0.2) is 27.4 Å². The van der Waals surface area contributed by atoms with E-state index in [9.17, 15) is 14.9 Å². The third-order valence-corrected chi connectivity index (χ3v) is 4.08. The summed E-state index contributed by atoms with van der Waals surface area (Å²) in [6.45, 7) is 1.89. The van der Waals surface area contributed by atoms with Gasteiger partial charge in [0.2, 0.25) is 11.7 Å². The van der Waals surface area contributed by atoms with Gasteiger partial charge in [-0.1, -0.05) is 60.7 Å². The van der Waals surface area contributed by atoms with Gasteiger partial charge in [0.05, 0.1) is 17.4 Å². The number of nitro groups is 1. The monoisotopic (exact) mass is 393 g/mol. The van der Waals surface area contributed by atoms with Crippen LogP contribution in [0, 0.1) is 10.1 Å². The summed E-state index contributed by atoms with van der Waals surface area (Å²) in [5.74, 6) is -1.35. The average Bonchev–Trinajstić information content (AvgIpc) is 2.74. The van der Waals surface area contributed by atoms with Gasteiger partial charge in [0.25, 0.3) is 5.88 Å². The number of hydrogen-bond donors (Lipinski definition) is 2. The standard InChI is InChI=1S/C20H19N5O4/c1-2-29-20-17(25(27)28)18(21-13-22-20)23-24-19(26)16(14-9-5-3-6-10-14)15-11-7-4-8-12-15/h3-13,16H,2H2,1H3,(H,24,26)(H,21,22,23). The molecule has 0 saturated carbocycles. The highest BCUT2D eigenvalue weighted by molar-refractivity contribution is 5.88. The van der Waals surface area contributed by atoms with Crippen LogP contribution < -0.4 is 15.6 Å². The molecule has 0 aliphatic heterocycles. The van der Waals surface area contributed by atoms with Crippen molar-refractivity contribution < 1.29 is 14.5 Å². The van der Waals surface area contributed by atoms with Crippen molar-refractivity contribution in [1.29, 1.82) is 0 Å². The Morgan fingerprint density at radius 2 is 1.66 bits per heavy atom. The molecule has 0 aliphatic rings. The van der Waals surface area contributed by atoms with E-state index >= 15 is 0 Å². The van der Waals surface area contributed by atoms with Crippen LogP contribution in [0.3, 0.4) is 0 Å². The van der Waals surface area contributed by atoms with Gasteiger partial charge in [-0.2, -0.15) is 4.98 Å². The van der Waals surface area contributed by atoms with Gasteiger partial charge in [0, 0.05) is 0 Å². The van der Waals surface area contributed by atoms with E-state index in [2.05, 4.69) is 20.8 Å². The second kappa shape index (κ2) is 9.27. The second-order valence-electron chi connectivity index (χ2n) is 5.93. The predicted molar refractivity (Wildman–Crippen MR) is 106 cm³/mol. The van der Waals surface area contributed by atoms with E-state index in [4.69, 9.17) is 4.74 Å². The molecule has 0 spiro atoms. The summed E-state index contributed by atoms with van der Waals surface area (Å²) in [6, 6.07) is 18.5. The first kappa shape index (κ1) is 19.7. The zero-order chi connectivity index (χ0) is 20.6. The van der Waals surface area contributed by atoms with E-state index in [-0.39, 0.29) is 18.3 Å². The van der Waals surface area contributed by atoms with Crippen molar-refractivity contribution in [2.75, 3.05) is 12.0 Å². The van der Waals surface area contributed by atoms with Crippen molar-refractivity contribution in [3.63, 3.8) is 0 Å². The molecule has 0 radical (unpaired) electrons. The second-order valence-corrected chi connectivity index (χ2v) is 5.93. The Hall–Kier alpha value is -4.01. The van der Waals surface area contributed by atoms with E-state index in [0.29, 0.717) is 0 Å². The lowest BCUT2D eigenvalue weighted by molar-refractivity contribution is -0.385. The lowest BCUT2D eigenvalue weighted by Crippen LogP contribution is -2.35. The molecule has 3 rings (SSSR count). The molecule has 9 nitrogen and oxygen atoms in total. The van der Waals surface area contributed by atoms with Crippen LogP contribution in [0.2, 0.25) is 0 Å². The van der Waals surface area contributed by atoms with E-state index in [0.717, 1.165) is 17.5 Å². The molecule has 0 aliphatic carbocycles. The molecule has 148 valence electrons. The van der Waals surface area contributed by atoms with Gasteiger partial charge in [-0.25, -0.2) is 4.98 Å². The number of nitrogens with one attached hydrogen (secondary N) is 2. The molecule has 9 heteroatoms. The maximum absolute atomic E-state index is 13.0. The molecule has 0 atom stereocenters. The van der Waals surface area contributed by atoms with Crippen molar-refractivity contribution in [3.8, 4) is 5.88 Å². The predicted octanol–water partition coefficient (Wildman–Crippen LogP) is 3.06. The van der Waals surface area contributed by atoms with E-state index in [1.807, 2.05) is 60.7 Å². The van der Waals surface area contributed by atoms with Crippen molar-refractivity contribution in [2.45, 2.75) is 12.8 Å². The first-order chi connectivity index (χ1) is 14.1. The number of carbonyl (C=O) groups is 1. The maximum Gasteiger partial charge on any atom is 0.374 e. The van der Waals surface area contributed by atoms with Crippen molar-refractivity contribution in [1.82, 2.24) is 15.4 Å². The minimum Gasteiger partial charge on any atom is -0.473 e. The first-order valence-electron chi connectivity index (χ1n) is 8.89. The minimum absolute atomic E-state index is 0.165. The fourth-order valence-electron chi connectivity index (χ4n) is 2.84. The largest absolute Gasteiger partial charge is 0.473 e. The molecule has 0 unspecified atom stereocenters. The summed E-state index contributed by atoms with van der Waals surface area (Å²) in [6.07, 6.45) is 1.12. The number of benzene rings is 2. The zero-order valence-corrected chi connectivity index (χ0v) is 15.6. The lowest BCUT2D eigenvalue weighted by Gasteiger charge is -2.18. The molecule has 1 aromatic heterocycles. The highest BCUT2D eigenvalue weighted by Gasteiger charge is 2.27. The van der Waals surface area contributed by atoms with Gasteiger partial charge in [-0.15, -0.1) is 0 Å². The molecule has 0 saturated heterocycles. The SMILES string of the molecule is CCOc1ncnc(NNC(=O)C(c2ccccc2)c2ccccc2)c1[N+](=O)[O-]. The van der Waals surface area contributed by atoms with E-state index in [1.54, 1.807) is 6.92 Å². The van der Waals surface area contributed by atoms with Gasteiger partial charge in [0.1, 0.15) is 6.33 Å². The Kier molecular flexibility index (Phi) is 6.31. The number of nitrogens with zero attached hydrogens (tertiary/aromatic N) is 3. The number of anilines is 1. The fourth-order valence-corrected chi connectivity index (χ4v) is 2.84. The van der Waals surface area contributed by atoms with E-state index in [1.165, 1.54) is 0 Å². The molecule has 2 aromatic carbocycles. The number of aromatic nitrogens is 2. The fraction of sp³-hybridized carbons (Fsp3) is 0.150. The summed E-state index contributed by atoms with van der Waals surface area (Å²) in [7, 11) is 0. The molecule has 1 amide bonds. The van der Waals surface area contributed by atoms with Crippen LogP contribution in [0.25, 0.3) is 0 Å². The summed E-state index contributed by atoms with van der Waals surface area (Å²) >= 11 is 0. The summed E-state index contributed by atoms with van der Waals surface area (Å²) < 4.78 is 5.19. The number of ether oxygens (including phenoxy) is 1. The van der Waals surface area contributed by atoms with Crippen LogP contribution in [0.1, 0.15) is 24.0 Å². The Morgan fingerprint density at radius 1 is 1.07 bits per heavy atom.